The van der Waals surface area contributed by atoms with Gasteiger partial charge < -0.3 is 4.57 Å². The highest BCUT2D eigenvalue weighted by atomic mass is 79.9. The Labute approximate surface area is 182 Å². The van der Waals surface area contributed by atoms with E-state index in [4.69, 9.17) is 0 Å². The van der Waals surface area contributed by atoms with Gasteiger partial charge in [-0.15, -0.1) is 0 Å². The number of aryl methyl sites for hydroxylation is 1. The lowest BCUT2D eigenvalue weighted by atomic mass is 10.1. The molecule has 1 aromatic heterocycles. The van der Waals surface area contributed by atoms with Crippen molar-refractivity contribution in [3.63, 3.8) is 0 Å². The van der Waals surface area contributed by atoms with Gasteiger partial charge in [0.05, 0.1) is 10.5 Å². The molecular formula is C19H12BrF4N3O3S. The number of carbonyl (C=O) groups is 1. The van der Waals surface area contributed by atoms with E-state index >= 15 is 0 Å². The van der Waals surface area contributed by atoms with Crippen molar-refractivity contribution in [3.05, 3.63) is 70.0 Å². The molecule has 2 heterocycles. The quantitative estimate of drug-likeness (QED) is 0.480. The highest BCUT2D eigenvalue weighted by Gasteiger charge is 2.50. The fourth-order valence-electron chi connectivity index (χ4n) is 3.30. The summed E-state index contributed by atoms with van der Waals surface area (Å²) in [6, 6.07) is 6.33. The molecule has 0 atom stereocenters. The first-order valence-electron chi connectivity index (χ1n) is 8.66. The molecule has 12 heteroatoms. The van der Waals surface area contributed by atoms with Crippen molar-refractivity contribution >= 4 is 31.9 Å². The minimum absolute atomic E-state index is 0.0209. The number of amides is 1. The van der Waals surface area contributed by atoms with Crippen LogP contribution in [0.3, 0.4) is 0 Å². The van der Waals surface area contributed by atoms with Gasteiger partial charge in [0.2, 0.25) is 0 Å². The van der Waals surface area contributed by atoms with Crippen LogP contribution in [0.5, 0.6) is 0 Å². The Balaban J connectivity index is 1.80. The smallest absolute Gasteiger partial charge is 0.293 e. The zero-order valence-corrected chi connectivity index (χ0v) is 18.0. The van der Waals surface area contributed by atoms with Gasteiger partial charge in [0, 0.05) is 23.3 Å². The number of imidazole rings is 1. The molecule has 0 saturated heterocycles. The van der Waals surface area contributed by atoms with Crippen LogP contribution in [0.2, 0.25) is 0 Å². The molecule has 0 radical (unpaired) electrons. The average Bonchev–Trinajstić information content (AvgIpc) is 3.06. The summed E-state index contributed by atoms with van der Waals surface area (Å²) >= 11 is 3.02. The molecule has 1 aliphatic heterocycles. The lowest BCUT2D eigenvalue weighted by Crippen LogP contribution is -2.48. The van der Waals surface area contributed by atoms with Gasteiger partial charge in [0.25, 0.3) is 21.9 Å². The summed E-state index contributed by atoms with van der Waals surface area (Å²) < 4.78 is 84.8. The monoisotopic (exact) mass is 517 g/mol. The SMILES string of the molecule is Cn1cc(C(=O)N2CC(F)(F)c3cc(Br)ccc3S2(=O)=O)nc1-c1c(F)cccc1F. The van der Waals surface area contributed by atoms with Gasteiger partial charge in [-0.1, -0.05) is 22.0 Å². The van der Waals surface area contributed by atoms with Gasteiger partial charge in [-0.25, -0.2) is 26.5 Å². The second-order valence-corrected chi connectivity index (χ2v) is 9.57. The lowest BCUT2D eigenvalue weighted by molar-refractivity contribution is -0.0253. The Morgan fingerprint density at radius 3 is 2.45 bits per heavy atom. The number of aromatic nitrogens is 2. The van der Waals surface area contributed by atoms with Gasteiger partial charge in [0.15, 0.2) is 0 Å². The molecule has 3 aromatic rings. The van der Waals surface area contributed by atoms with Crippen molar-refractivity contribution in [1.29, 1.82) is 0 Å². The topological polar surface area (TPSA) is 72.3 Å². The van der Waals surface area contributed by atoms with E-state index in [0.29, 0.717) is 0 Å². The van der Waals surface area contributed by atoms with Crippen molar-refractivity contribution in [2.75, 3.05) is 6.54 Å². The van der Waals surface area contributed by atoms with Crippen LogP contribution in [-0.2, 0) is 23.0 Å². The van der Waals surface area contributed by atoms with E-state index in [0.717, 1.165) is 41.1 Å². The first kappa shape index (κ1) is 21.5. The summed E-state index contributed by atoms with van der Waals surface area (Å²) in [7, 11) is -3.29. The summed E-state index contributed by atoms with van der Waals surface area (Å²) in [4.78, 5) is 16.0. The molecule has 0 spiro atoms. The van der Waals surface area contributed by atoms with E-state index in [9.17, 15) is 30.8 Å². The number of fused-ring (bicyclic) bond motifs is 1. The van der Waals surface area contributed by atoms with E-state index in [1.165, 1.54) is 13.1 Å². The number of sulfonamides is 1. The van der Waals surface area contributed by atoms with Gasteiger partial charge in [0.1, 0.15) is 29.7 Å². The molecule has 1 aliphatic rings. The van der Waals surface area contributed by atoms with Crippen LogP contribution < -0.4 is 0 Å². The summed E-state index contributed by atoms with van der Waals surface area (Å²) in [5.41, 5.74) is -1.83. The normalized spacial score (nSPS) is 16.8. The zero-order chi connectivity index (χ0) is 22.7. The summed E-state index contributed by atoms with van der Waals surface area (Å²) in [6.45, 7) is -1.43. The fraction of sp³-hybridized carbons (Fsp3) is 0.158. The predicted molar refractivity (Wildman–Crippen MR) is 105 cm³/mol. The van der Waals surface area contributed by atoms with Crippen molar-refractivity contribution in [1.82, 2.24) is 13.9 Å². The second-order valence-electron chi connectivity index (χ2n) is 6.82. The van der Waals surface area contributed by atoms with Crippen molar-refractivity contribution < 1.29 is 30.8 Å². The first-order chi connectivity index (χ1) is 14.4. The van der Waals surface area contributed by atoms with Crippen LogP contribution in [-0.4, -0.2) is 34.7 Å². The van der Waals surface area contributed by atoms with Crippen LogP contribution in [0.4, 0.5) is 17.6 Å². The maximum Gasteiger partial charge on any atom is 0.293 e. The molecule has 0 N–H and O–H groups in total. The Morgan fingerprint density at radius 1 is 1.16 bits per heavy atom. The predicted octanol–water partition coefficient (Wildman–Crippen LogP) is 4.06. The molecule has 0 unspecified atom stereocenters. The number of hydrogen-bond donors (Lipinski definition) is 0. The van der Waals surface area contributed by atoms with E-state index < -0.39 is 61.7 Å². The molecule has 1 amide bonds. The van der Waals surface area contributed by atoms with Crippen molar-refractivity contribution in [2.24, 2.45) is 7.05 Å². The van der Waals surface area contributed by atoms with Crippen LogP contribution in [0.1, 0.15) is 16.1 Å². The Bertz CT molecular complexity index is 1320. The van der Waals surface area contributed by atoms with Gasteiger partial charge in [-0.05, 0) is 30.3 Å². The molecule has 162 valence electrons. The number of rotatable bonds is 2. The highest BCUT2D eigenvalue weighted by molar-refractivity contribution is 9.10. The number of carbonyl (C=O) groups excluding carboxylic acids is 1. The molecular weight excluding hydrogens is 506 g/mol. The molecule has 6 nitrogen and oxygen atoms in total. The largest absolute Gasteiger partial charge is 0.333 e. The molecule has 31 heavy (non-hydrogen) atoms. The Hall–Kier alpha value is -2.73. The Morgan fingerprint density at radius 2 is 1.81 bits per heavy atom. The number of alkyl halides is 2. The van der Waals surface area contributed by atoms with Gasteiger partial charge in [-0.2, -0.15) is 8.78 Å². The first-order valence-corrected chi connectivity index (χ1v) is 10.9. The third-order valence-electron chi connectivity index (χ3n) is 4.75. The summed E-state index contributed by atoms with van der Waals surface area (Å²) in [5, 5.41) is 0. The van der Waals surface area contributed by atoms with E-state index in [2.05, 4.69) is 20.9 Å². The van der Waals surface area contributed by atoms with Crippen LogP contribution in [0.15, 0.2) is 52.0 Å². The van der Waals surface area contributed by atoms with Crippen molar-refractivity contribution in [2.45, 2.75) is 10.8 Å². The lowest BCUT2D eigenvalue weighted by Gasteiger charge is -2.33. The summed E-state index contributed by atoms with van der Waals surface area (Å²) in [6.07, 6.45) is 1.02. The maximum absolute atomic E-state index is 14.7. The molecule has 0 saturated carbocycles. The average molecular weight is 518 g/mol. The van der Waals surface area contributed by atoms with E-state index in [-0.39, 0.29) is 14.6 Å². The molecule has 0 aliphatic carbocycles. The number of halogens is 5. The number of benzene rings is 2. The third kappa shape index (κ3) is 3.43. The molecule has 4 rings (SSSR count). The van der Waals surface area contributed by atoms with Crippen molar-refractivity contribution in [3.8, 4) is 11.4 Å². The highest BCUT2D eigenvalue weighted by Crippen LogP contribution is 2.42. The Kier molecular flexibility index (Phi) is 4.97. The van der Waals surface area contributed by atoms with E-state index in [1.54, 1.807) is 0 Å². The maximum atomic E-state index is 14.7. The number of nitrogens with zero attached hydrogens (tertiary/aromatic N) is 3. The van der Waals surface area contributed by atoms with E-state index in [1.807, 2.05) is 0 Å². The van der Waals surface area contributed by atoms with Crippen LogP contribution >= 0.6 is 15.9 Å². The zero-order valence-electron chi connectivity index (χ0n) is 15.6. The van der Waals surface area contributed by atoms with Crippen LogP contribution in [0, 0.1) is 11.6 Å². The molecule has 0 bridgehead atoms. The molecule has 0 fully saturated rings. The standard InChI is InChI=1S/C19H12BrF4N3O3S/c1-26-8-14(25-17(26)16-12(21)3-2-4-13(16)22)18(28)27-9-19(23,24)11-7-10(20)5-6-15(11)31(27,29)30/h2-8H,9H2,1H3. The summed E-state index contributed by atoms with van der Waals surface area (Å²) in [5.74, 6) is -7.21. The number of hydrogen-bond acceptors (Lipinski definition) is 4. The minimum atomic E-state index is -4.62. The van der Waals surface area contributed by atoms with Gasteiger partial charge >= 0.3 is 0 Å². The molecule has 2 aromatic carbocycles. The fourth-order valence-corrected chi connectivity index (χ4v) is 5.27. The minimum Gasteiger partial charge on any atom is -0.333 e. The third-order valence-corrected chi connectivity index (χ3v) is 7.03. The second kappa shape index (κ2) is 7.16. The van der Waals surface area contributed by atoms with Gasteiger partial charge in [-0.3, -0.25) is 4.79 Å². The van der Waals surface area contributed by atoms with Crippen LogP contribution in [0.25, 0.3) is 11.4 Å².